The second-order valence-corrected chi connectivity index (χ2v) is 8.33. The molecular formula is C26H40N2O2. The molecular weight excluding hydrogens is 372 g/mol. The predicted molar refractivity (Wildman–Crippen MR) is 127 cm³/mol. The van der Waals surface area contributed by atoms with E-state index >= 15 is 0 Å². The van der Waals surface area contributed by atoms with Crippen LogP contribution in [0, 0.1) is 0 Å². The quantitative estimate of drug-likeness (QED) is 0.351. The zero-order valence-electron chi connectivity index (χ0n) is 19.1. The maximum absolute atomic E-state index is 10.6. The minimum Gasteiger partial charge on any atom is -0.387 e. The van der Waals surface area contributed by atoms with Crippen molar-refractivity contribution in [1.82, 2.24) is 10.6 Å². The summed E-state index contributed by atoms with van der Waals surface area (Å²) < 4.78 is 0. The molecule has 0 fully saturated rings. The average molecular weight is 413 g/mol. The molecule has 0 saturated carbocycles. The van der Waals surface area contributed by atoms with Crippen molar-refractivity contribution in [1.29, 1.82) is 0 Å². The summed E-state index contributed by atoms with van der Waals surface area (Å²) in [5.41, 5.74) is 4.06. The SMILES string of the molecule is CCCCNC(C)C(O)c1ccc(-c2ccc(C(O)C(C)NCCCC)cc2)cc1. The number of unbranched alkanes of at least 4 members (excludes halogenated alkanes) is 2. The van der Waals surface area contributed by atoms with Crippen molar-refractivity contribution in [3.63, 3.8) is 0 Å². The highest BCUT2D eigenvalue weighted by molar-refractivity contribution is 5.64. The normalized spacial score (nSPS) is 15.5. The molecule has 2 rings (SSSR count). The molecule has 4 heteroatoms. The summed E-state index contributed by atoms with van der Waals surface area (Å²) in [7, 11) is 0. The van der Waals surface area contributed by atoms with Gasteiger partial charge in [0.2, 0.25) is 0 Å². The maximum atomic E-state index is 10.6. The number of hydrogen-bond acceptors (Lipinski definition) is 4. The first-order chi connectivity index (χ1) is 14.5. The molecule has 0 aromatic heterocycles. The highest BCUT2D eigenvalue weighted by atomic mass is 16.3. The number of hydrogen-bond donors (Lipinski definition) is 4. The van der Waals surface area contributed by atoms with Gasteiger partial charge in [0.1, 0.15) is 0 Å². The van der Waals surface area contributed by atoms with Gasteiger partial charge in [0.25, 0.3) is 0 Å². The molecule has 4 nitrogen and oxygen atoms in total. The largest absolute Gasteiger partial charge is 0.387 e. The van der Waals surface area contributed by atoms with Gasteiger partial charge in [-0.2, -0.15) is 0 Å². The summed E-state index contributed by atoms with van der Waals surface area (Å²) >= 11 is 0. The van der Waals surface area contributed by atoms with Gasteiger partial charge in [0, 0.05) is 12.1 Å². The Kier molecular flexibility index (Phi) is 10.5. The Morgan fingerprint density at radius 1 is 0.633 bits per heavy atom. The minimum absolute atomic E-state index is 0.0242. The van der Waals surface area contributed by atoms with Crippen LogP contribution in [0.4, 0.5) is 0 Å². The molecule has 2 aromatic carbocycles. The van der Waals surface area contributed by atoms with Gasteiger partial charge in [0.15, 0.2) is 0 Å². The van der Waals surface area contributed by atoms with E-state index in [-0.39, 0.29) is 12.1 Å². The molecule has 0 aliphatic heterocycles. The van der Waals surface area contributed by atoms with Crippen LogP contribution in [0.2, 0.25) is 0 Å². The number of aliphatic hydroxyl groups is 2. The Balaban J connectivity index is 1.98. The number of aliphatic hydroxyl groups excluding tert-OH is 2. The molecule has 0 saturated heterocycles. The lowest BCUT2D eigenvalue weighted by Crippen LogP contribution is -2.32. The lowest BCUT2D eigenvalue weighted by atomic mass is 9.97. The zero-order valence-corrected chi connectivity index (χ0v) is 19.1. The van der Waals surface area contributed by atoms with Crippen molar-refractivity contribution < 1.29 is 10.2 Å². The smallest absolute Gasteiger partial charge is 0.0940 e. The van der Waals surface area contributed by atoms with E-state index in [9.17, 15) is 10.2 Å². The molecule has 0 radical (unpaired) electrons. The van der Waals surface area contributed by atoms with Gasteiger partial charge in [-0.05, 0) is 62.0 Å². The first-order valence-corrected chi connectivity index (χ1v) is 11.5. The summed E-state index contributed by atoms with van der Waals surface area (Å²) in [4.78, 5) is 0. The third-order valence-corrected chi connectivity index (χ3v) is 5.78. The molecule has 2 aromatic rings. The Morgan fingerprint density at radius 3 is 1.27 bits per heavy atom. The number of rotatable bonds is 13. The Labute approximate surface area is 182 Å². The van der Waals surface area contributed by atoms with Gasteiger partial charge in [-0.25, -0.2) is 0 Å². The van der Waals surface area contributed by atoms with Crippen LogP contribution >= 0.6 is 0 Å². The standard InChI is InChI=1S/C26H40N2O2/c1-5-7-17-27-19(3)25(29)23-13-9-21(10-14-23)22-11-15-24(16-12-22)26(30)20(4)28-18-8-6-2/h9-16,19-20,25-30H,5-8,17-18H2,1-4H3. The molecule has 0 aliphatic rings. The van der Waals surface area contributed by atoms with E-state index in [1.165, 1.54) is 0 Å². The molecule has 30 heavy (non-hydrogen) atoms. The fourth-order valence-corrected chi connectivity index (χ4v) is 3.56. The van der Waals surface area contributed by atoms with E-state index in [1.807, 2.05) is 38.1 Å². The van der Waals surface area contributed by atoms with Crippen molar-refractivity contribution in [2.24, 2.45) is 0 Å². The van der Waals surface area contributed by atoms with Gasteiger partial charge in [-0.1, -0.05) is 75.2 Å². The van der Waals surface area contributed by atoms with Gasteiger partial charge in [-0.3, -0.25) is 0 Å². The van der Waals surface area contributed by atoms with Gasteiger partial charge in [-0.15, -0.1) is 0 Å². The van der Waals surface area contributed by atoms with Crippen LogP contribution in [0.15, 0.2) is 48.5 Å². The van der Waals surface area contributed by atoms with Crippen molar-refractivity contribution >= 4 is 0 Å². The second-order valence-electron chi connectivity index (χ2n) is 8.33. The van der Waals surface area contributed by atoms with E-state index in [1.54, 1.807) is 0 Å². The molecule has 0 heterocycles. The van der Waals surface area contributed by atoms with Gasteiger partial charge in [0.05, 0.1) is 12.2 Å². The number of nitrogens with one attached hydrogen (secondary N) is 2. The van der Waals surface area contributed by atoms with Crippen LogP contribution in [0.1, 0.15) is 76.7 Å². The van der Waals surface area contributed by atoms with Crippen molar-refractivity contribution in [2.75, 3.05) is 13.1 Å². The molecule has 0 bridgehead atoms. The first kappa shape index (κ1) is 24.5. The van der Waals surface area contributed by atoms with Crippen LogP contribution in [-0.2, 0) is 0 Å². The van der Waals surface area contributed by atoms with E-state index in [0.717, 1.165) is 61.0 Å². The molecule has 0 spiro atoms. The Morgan fingerprint density at radius 2 is 0.967 bits per heavy atom. The topological polar surface area (TPSA) is 64.5 Å². The summed E-state index contributed by atoms with van der Waals surface area (Å²) in [5, 5.41) is 27.9. The Hall–Kier alpha value is -1.72. The highest BCUT2D eigenvalue weighted by Crippen LogP contribution is 2.26. The molecule has 0 aliphatic carbocycles. The molecule has 4 unspecified atom stereocenters. The molecule has 4 N–H and O–H groups in total. The van der Waals surface area contributed by atoms with Crippen LogP contribution < -0.4 is 10.6 Å². The van der Waals surface area contributed by atoms with Gasteiger partial charge >= 0.3 is 0 Å². The van der Waals surface area contributed by atoms with E-state index in [2.05, 4.69) is 48.7 Å². The lowest BCUT2D eigenvalue weighted by molar-refractivity contribution is 0.136. The summed E-state index contributed by atoms with van der Waals surface area (Å²) in [6.07, 6.45) is 3.50. The monoisotopic (exact) mass is 412 g/mol. The fraction of sp³-hybridized carbons (Fsp3) is 0.538. The van der Waals surface area contributed by atoms with Crippen LogP contribution in [-0.4, -0.2) is 35.4 Å². The highest BCUT2D eigenvalue weighted by Gasteiger charge is 2.17. The molecule has 0 amide bonds. The first-order valence-electron chi connectivity index (χ1n) is 11.5. The van der Waals surface area contributed by atoms with Crippen molar-refractivity contribution in [3.05, 3.63) is 59.7 Å². The summed E-state index contributed by atoms with van der Waals surface area (Å²) in [6.45, 7) is 10.2. The third kappa shape index (κ3) is 7.21. The number of benzene rings is 2. The van der Waals surface area contributed by atoms with Crippen LogP contribution in [0.5, 0.6) is 0 Å². The van der Waals surface area contributed by atoms with Gasteiger partial charge < -0.3 is 20.8 Å². The van der Waals surface area contributed by atoms with Crippen LogP contribution in [0.25, 0.3) is 11.1 Å². The molecule has 4 atom stereocenters. The second kappa shape index (κ2) is 12.9. The fourth-order valence-electron chi connectivity index (χ4n) is 3.56. The molecule has 166 valence electrons. The third-order valence-electron chi connectivity index (χ3n) is 5.78. The van der Waals surface area contributed by atoms with E-state index < -0.39 is 12.2 Å². The average Bonchev–Trinajstić information content (AvgIpc) is 2.78. The predicted octanol–water partition coefficient (Wildman–Crippen LogP) is 4.98. The summed E-state index contributed by atoms with van der Waals surface area (Å²) in [5.74, 6) is 0. The van der Waals surface area contributed by atoms with Crippen molar-refractivity contribution in [2.45, 2.75) is 77.7 Å². The van der Waals surface area contributed by atoms with Crippen molar-refractivity contribution in [3.8, 4) is 11.1 Å². The zero-order chi connectivity index (χ0) is 21.9. The maximum Gasteiger partial charge on any atom is 0.0940 e. The van der Waals surface area contributed by atoms with E-state index in [4.69, 9.17) is 0 Å². The summed E-state index contributed by atoms with van der Waals surface area (Å²) in [6, 6.07) is 16.3. The lowest BCUT2D eigenvalue weighted by Gasteiger charge is -2.21. The minimum atomic E-state index is -0.518. The Bertz CT molecular complexity index is 651. The van der Waals surface area contributed by atoms with E-state index in [0.29, 0.717) is 0 Å². The van der Waals surface area contributed by atoms with Crippen LogP contribution in [0.3, 0.4) is 0 Å².